The van der Waals surface area contributed by atoms with Gasteiger partial charge in [-0.3, -0.25) is 0 Å². The lowest BCUT2D eigenvalue weighted by Crippen LogP contribution is -2.12. The Morgan fingerprint density at radius 3 is 2.94 bits per heavy atom. The fraction of sp³-hybridized carbons (Fsp3) is 0.769. The van der Waals surface area contributed by atoms with Crippen LogP contribution < -0.4 is 5.73 Å². The standard InChI is InChI=1S/C13H23N3/c1-2-4-11-5-3-6-12(8-7-11)16-13(14)9-10-15-16/h9-12H,2-8,14H2,1H3. The molecule has 1 fully saturated rings. The Labute approximate surface area is 98.0 Å². The van der Waals surface area contributed by atoms with Gasteiger partial charge in [-0.1, -0.05) is 32.6 Å². The average molecular weight is 221 g/mol. The SMILES string of the molecule is CCCC1CCCC(n2nccc2N)CC1. The van der Waals surface area contributed by atoms with Crippen molar-refractivity contribution in [3.63, 3.8) is 0 Å². The Bertz CT molecular complexity index is 319. The molecule has 0 amide bonds. The van der Waals surface area contributed by atoms with Gasteiger partial charge in [0.05, 0.1) is 12.2 Å². The van der Waals surface area contributed by atoms with Crippen LogP contribution in [0.5, 0.6) is 0 Å². The van der Waals surface area contributed by atoms with Crippen molar-refractivity contribution in [1.29, 1.82) is 0 Å². The van der Waals surface area contributed by atoms with Crippen LogP contribution in [0.2, 0.25) is 0 Å². The van der Waals surface area contributed by atoms with E-state index in [2.05, 4.69) is 12.0 Å². The third kappa shape index (κ3) is 2.57. The van der Waals surface area contributed by atoms with Gasteiger partial charge in [-0.05, 0) is 31.2 Å². The minimum Gasteiger partial charge on any atom is -0.384 e. The number of hydrogen-bond acceptors (Lipinski definition) is 2. The summed E-state index contributed by atoms with van der Waals surface area (Å²) in [4.78, 5) is 0. The quantitative estimate of drug-likeness (QED) is 0.795. The van der Waals surface area contributed by atoms with Crippen molar-refractivity contribution >= 4 is 5.82 Å². The summed E-state index contributed by atoms with van der Waals surface area (Å²) < 4.78 is 2.02. The van der Waals surface area contributed by atoms with Crippen molar-refractivity contribution < 1.29 is 0 Å². The summed E-state index contributed by atoms with van der Waals surface area (Å²) in [6.45, 7) is 2.29. The van der Waals surface area contributed by atoms with Gasteiger partial charge >= 0.3 is 0 Å². The molecule has 1 aromatic heterocycles. The van der Waals surface area contributed by atoms with E-state index in [0.29, 0.717) is 6.04 Å². The molecule has 3 heteroatoms. The predicted octanol–water partition coefficient (Wildman–Crippen LogP) is 3.39. The van der Waals surface area contributed by atoms with Crippen LogP contribution in [0.1, 0.15) is 57.9 Å². The van der Waals surface area contributed by atoms with E-state index in [0.717, 1.165) is 11.7 Å². The molecule has 0 saturated heterocycles. The first-order valence-corrected chi connectivity index (χ1v) is 6.60. The molecule has 1 aliphatic carbocycles. The Morgan fingerprint density at radius 1 is 1.38 bits per heavy atom. The molecule has 16 heavy (non-hydrogen) atoms. The number of aromatic nitrogens is 2. The van der Waals surface area contributed by atoms with E-state index in [9.17, 15) is 0 Å². The van der Waals surface area contributed by atoms with E-state index < -0.39 is 0 Å². The minimum absolute atomic E-state index is 0.539. The maximum Gasteiger partial charge on any atom is 0.121 e. The zero-order valence-electron chi connectivity index (χ0n) is 10.2. The average Bonchev–Trinajstić information content (AvgIpc) is 2.57. The summed E-state index contributed by atoms with van der Waals surface area (Å²) in [5.74, 6) is 1.76. The number of rotatable bonds is 3. The second kappa shape index (κ2) is 5.37. The van der Waals surface area contributed by atoms with Crippen LogP contribution in [0.4, 0.5) is 5.82 Å². The molecule has 1 heterocycles. The van der Waals surface area contributed by atoms with Gasteiger partial charge in [0, 0.05) is 0 Å². The first-order valence-electron chi connectivity index (χ1n) is 6.60. The molecule has 2 atom stereocenters. The minimum atomic E-state index is 0.539. The highest BCUT2D eigenvalue weighted by atomic mass is 15.3. The lowest BCUT2D eigenvalue weighted by Gasteiger charge is -2.16. The lowest BCUT2D eigenvalue weighted by atomic mass is 9.95. The van der Waals surface area contributed by atoms with E-state index >= 15 is 0 Å². The van der Waals surface area contributed by atoms with Crippen LogP contribution in [-0.2, 0) is 0 Å². The van der Waals surface area contributed by atoms with Crippen LogP contribution >= 0.6 is 0 Å². The Balaban J connectivity index is 1.96. The first kappa shape index (κ1) is 11.5. The fourth-order valence-corrected chi connectivity index (χ4v) is 2.93. The van der Waals surface area contributed by atoms with E-state index in [1.165, 1.54) is 44.9 Å². The van der Waals surface area contributed by atoms with Crippen molar-refractivity contribution in [2.24, 2.45) is 5.92 Å². The van der Waals surface area contributed by atoms with Gasteiger partial charge in [0.15, 0.2) is 0 Å². The van der Waals surface area contributed by atoms with Gasteiger partial charge in [-0.25, -0.2) is 4.68 Å². The van der Waals surface area contributed by atoms with Gasteiger partial charge in [-0.2, -0.15) is 5.10 Å². The largest absolute Gasteiger partial charge is 0.384 e. The summed E-state index contributed by atoms with van der Waals surface area (Å²) in [6, 6.07) is 2.44. The highest BCUT2D eigenvalue weighted by Crippen LogP contribution is 2.33. The van der Waals surface area contributed by atoms with Gasteiger partial charge < -0.3 is 5.73 Å². The van der Waals surface area contributed by atoms with Gasteiger partial charge in [-0.15, -0.1) is 0 Å². The van der Waals surface area contributed by atoms with E-state index in [-0.39, 0.29) is 0 Å². The molecule has 2 unspecified atom stereocenters. The number of anilines is 1. The van der Waals surface area contributed by atoms with Crippen molar-refractivity contribution in [2.45, 2.75) is 57.9 Å². The Hall–Kier alpha value is -0.990. The summed E-state index contributed by atoms with van der Waals surface area (Å²) >= 11 is 0. The highest BCUT2D eigenvalue weighted by molar-refractivity contribution is 5.26. The van der Waals surface area contributed by atoms with E-state index in [1.807, 2.05) is 16.9 Å². The molecule has 0 radical (unpaired) electrons. The molecule has 0 spiro atoms. The van der Waals surface area contributed by atoms with Crippen LogP contribution in [-0.4, -0.2) is 9.78 Å². The van der Waals surface area contributed by atoms with Crippen LogP contribution in [0.25, 0.3) is 0 Å². The topological polar surface area (TPSA) is 43.8 Å². The van der Waals surface area contributed by atoms with Crippen LogP contribution in [0.3, 0.4) is 0 Å². The third-order valence-electron chi connectivity index (χ3n) is 3.80. The fourth-order valence-electron chi connectivity index (χ4n) is 2.93. The maximum absolute atomic E-state index is 5.92. The summed E-state index contributed by atoms with van der Waals surface area (Å²) in [5, 5.41) is 4.34. The molecule has 0 aromatic carbocycles. The summed E-state index contributed by atoms with van der Waals surface area (Å²) in [7, 11) is 0. The number of hydrogen-bond donors (Lipinski definition) is 1. The zero-order chi connectivity index (χ0) is 11.4. The third-order valence-corrected chi connectivity index (χ3v) is 3.80. The van der Waals surface area contributed by atoms with Crippen molar-refractivity contribution in [1.82, 2.24) is 9.78 Å². The van der Waals surface area contributed by atoms with Crippen molar-refractivity contribution in [3.8, 4) is 0 Å². The number of nitrogens with zero attached hydrogens (tertiary/aromatic N) is 2. The molecular weight excluding hydrogens is 198 g/mol. The molecule has 1 aliphatic rings. The highest BCUT2D eigenvalue weighted by Gasteiger charge is 2.20. The molecule has 3 nitrogen and oxygen atoms in total. The smallest absolute Gasteiger partial charge is 0.121 e. The maximum atomic E-state index is 5.92. The molecule has 1 aromatic rings. The van der Waals surface area contributed by atoms with E-state index in [1.54, 1.807) is 0 Å². The number of nitrogen functional groups attached to an aromatic ring is 1. The second-order valence-corrected chi connectivity index (χ2v) is 5.02. The van der Waals surface area contributed by atoms with Gasteiger partial charge in [0.25, 0.3) is 0 Å². The molecule has 0 bridgehead atoms. The molecule has 2 N–H and O–H groups in total. The molecule has 1 saturated carbocycles. The predicted molar refractivity (Wildman–Crippen MR) is 67.2 cm³/mol. The molecule has 0 aliphatic heterocycles. The molecule has 90 valence electrons. The molecule has 2 rings (SSSR count). The normalized spacial score (nSPS) is 26.6. The second-order valence-electron chi connectivity index (χ2n) is 5.02. The van der Waals surface area contributed by atoms with Crippen molar-refractivity contribution in [2.75, 3.05) is 5.73 Å². The monoisotopic (exact) mass is 221 g/mol. The summed E-state index contributed by atoms with van der Waals surface area (Å²) in [5.41, 5.74) is 5.92. The number of nitrogens with two attached hydrogens (primary N) is 1. The van der Waals surface area contributed by atoms with Gasteiger partial charge in [0.1, 0.15) is 5.82 Å². The first-order chi connectivity index (χ1) is 7.81. The Kier molecular flexibility index (Phi) is 3.86. The lowest BCUT2D eigenvalue weighted by molar-refractivity contribution is 0.388. The Morgan fingerprint density at radius 2 is 2.25 bits per heavy atom. The zero-order valence-corrected chi connectivity index (χ0v) is 10.2. The van der Waals surface area contributed by atoms with Gasteiger partial charge in [0.2, 0.25) is 0 Å². The van der Waals surface area contributed by atoms with Crippen LogP contribution in [0.15, 0.2) is 12.3 Å². The van der Waals surface area contributed by atoms with Crippen LogP contribution in [0, 0.1) is 5.92 Å². The summed E-state index contributed by atoms with van der Waals surface area (Å²) in [6.07, 6.45) is 11.1. The van der Waals surface area contributed by atoms with E-state index in [4.69, 9.17) is 5.73 Å². The van der Waals surface area contributed by atoms with Crippen molar-refractivity contribution in [3.05, 3.63) is 12.3 Å². The molecular formula is C13H23N3.